The molecule has 4 aliphatic carbocycles. The SMILES string of the molecule is C[C@]12CCC3C(CC=C4C=C(I)CC[C@@]43C)C1CCC2O. The molecule has 0 aromatic rings. The molecule has 2 heteroatoms. The predicted octanol–water partition coefficient (Wildman–Crippen LogP) is 5.24. The molecule has 21 heavy (non-hydrogen) atoms. The van der Waals surface area contributed by atoms with Crippen molar-refractivity contribution in [2.24, 2.45) is 28.6 Å². The molecule has 0 aliphatic heterocycles. The summed E-state index contributed by atoms with van der Waals surface area (Å²) in [5.74, 6) is 2.42. The average Bonchev–Trinajstić information content (AvgIpc) is 2.76. The molecule has 2 saturated carbocycles. The minimum absolute atomic E-state index is 0.0474. The van der Waals surface area contributed by atoms with Crippen molar-refractivity contribution >= 4 is 22.6 Å². The Labute approximate surface area is 142 Å². The number of aliphatic hydroxyl groups is 1. The first-order valence-electron chi connectivity index (χ1n) is 8.70. The van der Waals surface area contributed by atoms with Gasteiger partial charge in [-0.1, -0.05) is 19.9 Å². The minimum atomic E-state index is -0.0474. The third-order valence-electron chi connectivity index (χ3n) is 7.67. The van der Waals surface area contributed by atoms with Gasteiger partial charge in [-0.2, -0.15) is 0 Å². The maximum atomic E-state index is 10.5. The maximum Gasteiger partial charge on any atom is 0.0596 e. The van der Waals surface area contributed by atoms with Gasteiger partial charge in [0.05, 0.1) is 6.10 Å². The van der Waals surface area contributed by atoms with Crippen LogP contribution < -0.4 is 0 Å². The van der Waals surface area contributed by atoms with Gasteiger partial charge in [-0.15, -0.1) is 0 Å². The van der Waals surface area contributed by atoms with Gasteiger partial charge < -0.3 is 5.11 Å². The Morgan fingerprint density at radius 1 is 1.14 bits per heavy atom. The monoisotopic (exact) mass is 398 g/mol. The van der Waals surface area contributed by atoms with Crippen LogP contribution in [0.25, 0.3) is 0 Å². The first-order valence-corrected chi connectivity index (χ1v) is 9.78. The van der Waals surface area contributed by atoms with Gasteiger partial charge >= 0.3 is 0 Å². The lowest BCUT2D eigenvalue weighted by Crippen LogP contribution is -2.50. The number of allylic oxidation sites excluding steroid dienone is 4. The lowest BCUT2D eigenvalue weighted by atomic mass is 9.49. The molecule has 1 nitrogen and oxygen atoms in total. The Morgan fingerprint density at radius 3 is 2.76 bits per heavy atom. The van der Waals surface area contributed by atoms with Gasteiger partial charge in [0, 0.05) is 0 Å². The summed E-state index contributed by atoms with van der Waals surface area (Å²) in [5.41, 5.74) is 2.25. The normalized spacial score (nSPS) is 52.4. The van der Waals surface area contributed by atoms with Crippen molar-refractivity contribution in [1.82, 2.24) is 0 Å². The zero-order valence-corrected chi connectivity index (χ0v) is 15.4. The van der Waals surface area contributed by atoms with E-state index in [1.807, 2.05) is 0 Å². The van der Waals surface area contributed by atoms with Crippen LogP contribution in [-0.4, -0.2) is 11.2 Å². The molecular weight excluding hydrogens is 371 g/mol. The summed E-state index contributed by atoms with van der Waals surface area (Å²) in [5, 5.41) is 10.5. The Morgan fingerprint density at radius 2 is 1.95 bits per heavy atom. The molecule has 0 aromatic heterocycles. The van der Waals surface area contributed by atoms with Gasteiger partial charge in [0.1, 0.15) is 0 Å². The van der Waals surface area contributed by atoms with Crippen molar-refractivity contribution in [3.8, 4) is 0 Å². The third-order valence-corrected chi connectivity index (χ3v) is 8.52. The highest BCUT2D eigenvalue weighted by Gasteiger charge is 2.57. The fourth-order valence-corrected chi connectivity index (χ4v) is 6.87. The van der Waals surface area contributed by atoms with Crippen molar-refractivity contribution in [2.45, 2.75) is 64.9 Å². The van der Waals surface area contributed by atoms with Crippen LogP contribution in [0.15, 0.2) is 21.3 Å². The number of halogens is 1. The topological polar surface area (TPSA) is 20.2 Å². The highest BCUT2D eigenvalue weighted by molar-refractivity contribution is 14.1. The molecule has 1 N–H and O–H groups in total. The Bertz CT molecular complexity index is 522. The van der Waals surface area contributed by atoms with Crippen molar-refractivity contribution in [3.63, 3.8) is 0 Å². The molecule has 0 radical (unpaired) electrons. The quantitative estimate of drug-likeness (QED) is 0.554. The number of aliphatic hydroxyl groups excluding tert-OH is 1. The lowest BCUT2D eigenvalue weighted by Gasteiger charge is -2.56. The molecule has 4 unspecified atom stereocenters. The zero-order valence-electron chi connectivity index (χ0n) is 13.2. The van der Waals surface area contributed by atoms with Crippen LogP contribution >= 0.6 is 22.6 Å². The molecule has 4 rings (SSSR count). The van der Waals surface area contributed by atoms with Crippen molar-refractivity contribution in [3.05, 3.63) is 21.3 Å². The minimum Gasteiger partial charge on any atom is -0.393 e. The maximum absolute atomic E-state index is 10.5. The molecule has 2 fully saturated rings. The van der Waals surface area contributed by atoms with Gasteiger partial charge in [0.25, 0.3) is 0 Å². The van der Waals surface area contributed by atoms with Crippen LogP contribution in [0.1, 0.15) is 58.8 Å². The van der Waals surface area contributed by atoms with E-state index in [4.69, 9.17) is 0 Å². The fourth-order valence-electron chi connectivity index (χ4n) is 6.26. The second kappa shape index (κ2) is 4.83. The van der Waals surface area contributed by atoms with E-state index >= 15 is 0 Å². The van der Waals surface area contributed by atoms with Gasteiger partial charge in [-0.25, -0.2) is 0 Å². The first-order chi connectivity index (χ1) is 9.95. The number of hydrogen-bond acceptors (Lipinski definition) is 1. The van der Waals surface area contributed by atoms with Crippen LogP contribution in [-0.2, 0) is 0 Å². The second-order valence-electron chi connectivity index (χ2n) is 8.42. The molecule has 4 aliphatic rings. The van der Waals surface area contributed by atoms with E-state index in [0.29, 0.717) is 5.41 Å². The van der Waals surface area contributed by atoms with Gasteiger partial charge in [0.15, 0.2) is 0 Å². The molecule has 0 heterocycles. The summed E-state index contributed by atoms with van der Waals surface area (Å²) in [7, 11) is 0. The molecule has 0 saturated heterocycles. The van der Waals surface area contributed by atoms with Crippen LogP contribution in [0.4, 0.5) is 0 Å². The van der Waals surface area contributed by atoms with Crippen LogP contribution in [0.5, 0.6) is 0 Å². The molecule has 116 valence electrons. The zero-order chi connectivity index (χ0) is 14.8. The highest BCUT2D eigenvalue weighted by Crippen LogP contribution is 2.64. The van der Waals surface area contributed by atoms with Crippen molar-refractivity contribution in [2.75, 3.05) is 0 Å². The van der Waals surface area contributed by atoms with E-state index in [9.17, 15) is 5.11 Å². The summed E-state index contributed by atoms with van der Waals surface area (Å²) >= 11 is 2.52. The molecule has 0 amide bonds. The van der Waals surface area contributed by atoms with E-state index in [2.05, 4.69) is 48.6 Å². The summed E-state index contributed by atoms with van der Waals surface area (Å²) in [4.78, 5) is 0. The summed E-state index contributed by atoms with van der Waals surface area (Å²) in [6.07, 6.45) is 13.7. The van der Waals surface area contributed by atoms with E-state index < -0.39 is 0 Å². The summed E-state index contributed by atoms with van der Waals surface area (Å²) in [6.45, 7) is 4.90. The first kappa shape index (κ1) is 14.7. The molecule has 0 bridgehead atoms. The molecule has 0 spiro atoms. The number of rotatable bonds is 0. The Kier molecular flexibility index (Phi) is 3.39. The Balaban J connectivity index is 1.72. The van der Waals surface area contributed by atoms with E-state index in [0.717, 1.165) is 24.2 Å². The molecular formula is C19H27IO. The lowest BCUT2D eigenvalue weighted by molar-refractivity contribution is -0.0624. The number of hydrogen-bond donors (Lipinski definition) is 1. The third kappa shape index (κ3) is 1.97. The van der Waals surface area contributed by atoms with E-state index in [1.54, 1.807) is 5.57 Å². The van der Waals surface area contributed by atoms with Gasteiger partial charge in [-0.3, -0.25) is 0 Å². The second-order valence-corrected chi connectivity index (χ2v) is 9.80. The predicted molar refractivity (Wildman–Crippen MR) is 95.2 cm³/mol. The fraction of sp³-hybridized carbons (Fsp3) is 0.789. The molecule has 0 aromatic carbocycles. The Hall–Kier alpha value is 0.170. The van der Waals surface area contributed by atoms with Gasteiger partial charge in [-0.05, 0) is 111 Å². The standard InChI is InChI=1S/C19H27IO/c1-18-9-7-13(20)11-12(18)3-4-14-15-5-6-17(21)19(15,2)10-8-16(14)18/h3,11,14-17,21H,4-10H2,1-2H3/t14?,15?,16?,17?,18-,19-/m0/s1. The van der Waals surface area contributed by atoms with Gasteiger partial charge in [0.2, 0.25) is 0 Å². The van der Waals surface area contributed by atoms with Crippen molar-refractivity contribution < 1.29 is 5.11 Å². The van der Waals surface area contributed by atoms with E-state index in [-0.39, 0.29) is 11.5 Å². The van der Waals surface area contributed by atoms with Crippen LogP contribution in [0.3, 0.4) is 0 Å². The van der Waals surface area contributed by atoms with Crippen molar-refractivity contribution in [1.29, 1.82) is 0 Å². The number of fused-ring (bicyclic) bond motifs is 5. The summed E-state index contributed by atoms with van der Waals surface area (Å²) < 4.78 is 1.53. The summed E-state index contributed by atoms with van der Waals surface area (Å²) in [6, 6.07) is 0. The molecule has 6 atom stereocenters. The van der Waals surface area contributed by atoms with Crippen LogP contribution in [0, 0.1) is 28.6 Å². The highest BCUT2D eigenvalue weighted by atomic mass is 127. The average molecular weight is 398 g/mol. The van der Waals surface area contributed by atoms with E-state index in [1.165, 1.54) is 42.1 Å². The largest absolute Gasteiger partial charge is 0.393 e. The smallest absolute Gasteiger partial charge is 0.0596 e. The van der Waals surface area contributed by atoms with Crippen LogP contribution in [0.2, 0.25) is 0 Å².